The number of rotatable bonds is 5. The lowest BCUT2D eigenvalue weighted by molar-refractivity contribution is 0.391. The van der Waals surface area contributed by atoms with Crippen LogP contribution in [0.2, 0.25) is 5.02 Å². The van der Waals surface area contributed by atoms with Crippen molar-refractivity contribution in [3.05, 3.63) is 34.6 Å². The van der Waals surface area contributed by atoms with Gasteiger partial charge in [-0.1, -0.05) is 50.3 Å². The molecule has 0 aromatic heterocycles. The Kier molecular flexibility index (Phi) is 5.02. The fourth-order valence-corrected chi connectivity index (χ4v) is 3.09. The zero-order chi connectivity index (χ0) is 13.0. The predicted octanol–water partition coefficient (Wildman–Crippen LogP) is 4.71. The molecule has 1 nitrogen and oxygen atoms in total. The summed E-state index contributed by atoms with van der Waals surface area (Å²) in [6, 6.07) is 5.13. The van der Waals surface area contributed by atoms with Crippen LogP contribution in [0.15, 0.2) is 18.2 Å². The maximum Gasteiger partial charge on any atom is 0.129 e. The maximum absolute atomic E-state index is 14.0. The normalized spacial score (nSPS) is 18.2. The van der Waals surface area contributed by atoms with E-state index < -0.39 is 0 Å². The summed E-state index contributed by atoms with van der Waals surface area (Å²) in [5.74, 6) is 0.551. The van der Waals surface area contributed by atoms with E-state index in [9.17, 15) is 4.39 Å². The molecule has 1 unspecified atom stereocenters. The maximum atomic E-state index is 14.0. The van der Waals surface area contributed by atoms with E-state index in [1.165, 1.54) is 31.7 Å². The Hall–Kier alpha value is -0.600. The largest absolute Gasteiger partial charge is 0.310 e. The lowest BCUT2D eigenvalue weighted by Crippen LogP contribution is -2.24. The molecule has 0 bridgehead atoms. The lowest BCUT2D eigenvalue weighted by Gasteiger charge is -2.22. The second-order valence-corrected chi connectivity index (χ2v) is 5.60. The van der Waals surface area contributed by atoms with Gasteiger partial charge in [-0.25, -0.2) is 4.39 Å². The summed E-state index contributed by atoms with van der Waals surface area (Å²) in [6.07, 6.45) is 6.26. The average Bonchev–Trinajstić information content (AvgIpc) is 2.81. The molecule has 1 N–H and O–H groups in total. The van der Waals surface area contributed by atoms with Crippen molar-refractivity contribution in [2.24, 2.45) is 5.92 Å². The fourth-order valence-electron chi connectivity index (χ4n) is 2.93. The first kappa shape index (κ1) is 13.8. The first-order valence-corrected chi connectivity index (χ1v) is 7.26. The van der Waals surface area contributed by atoms with Crippen LogP contribution in [0, 0.1) is 11.7 Å². The summed E-state index contributed by atoms with van der Waals surface area (Å²) in [7, 11) is 0. The molecule has 0 aliphatic heterocycles. The third kappa shape index (κ3) is 3.46. The Morgan fingerprint density at radius 3 is 2.72 bits per heavy atom. The molecular formula is C15H21ClFN. The predicted molar refractivity (Wildman–Crippen MR) is 74.4 cm³/mol. The van der Waals surface area contributed by atoms with Gasteiger partial charge in [0.1, 0.15) is 5.82 Å². The number of benzene rings is 1. The lowest BCUT2D eigenvalue weighted by atomic mass is 9.93. The number of hydrogen-bond acceptors (Lipinski definition) is 1. The molecule has 1 fully saturated rings. The van der Waals surface area contributed by atoms with Crippen LogP contribution in [-0.4, -0.2) is 6.54 Å². The van der Waals surface area contributed by atoms with Gasteiger partial charge >= 0.3 is 0 Å². The van der Waals surface area contributed by atoms with Crippen molar-refractivity contribution in [3.63, 3.8) is 0 Å². The van der Waals surface area contributed by atoms with Crippen LogP contribution in [0.3, 0.4) is 0 Å². The van der Waals surface area contributed by atoms with Gasteiger partial charge in [0.2, 0.25) is 0 Å². The van der Waals surface area contributed by atoms with Gasteiger partial charge in [0, 0.05) is 16.6 Å². The van der Waals surface area contributed by atoms with Crippen LogP contribution in [-0.2, 0) is 0 Å². The van der Waals surface area contributed by atoms with Gasteiger partial charge in [-0.3, -0.25) is 0 Å². The molecule has 1 atom stereocenters. The van der Waals surface area contributed by atoms with Crippen molar-refractivity contribution in [2.75, 3.05) is 6.54 Å². The first-order valence-electron chi connectivity index (χ1n) is 6.89. The molecule has 0 radical (unpaired) electrons. The highest BCUT2D eigenvalue weighted by Crippen LogP contribution is 2.34. The molecule has 1 aliphatic rings. The van der Waals surface area contributed by atoms with E-state index in [0.717, 1.165) is 24.4 Å². The van der Waals surface area contributed by atoms with Crippen molar-refractivity contribution < 1.29 is 4.39 Å². The Morgan fingerprint density at radius 1 is 1.39 bits per heavy atom. The molecule has 2 rings (SSSR count). The fraction of sp³-hybridized carbons (Fsp3) is 0.600. The molecule has 18 heavy (non-hydrogen) atoms. The SMILES string of the molecule is CCNC(CC1CCCC1)c1ccc(Cl)cc1F. The summed E-state index contributed by atoms with van der Waals surface area (Å²) < 4.78 is 14.0. The molecule has 0 amide bonds. The van der Waals surface area contributed by atoms with Gasteiger partial charge in [0.25, 0.3) is 0 Å². The average molecular weight is 270 g/mol. The molecule has 0 spiro atoms. The Morgan fingerprint density at radius 2 is 2.11 bits per heavy atom. The quantitative estimate of drug-likeness (QED) is 0.816. The van der Waals surface area contributed by atoms with Crippen molar-refractivity contribution in [1.82, 2.24) is 5.32 Å². The minimum absolute atomic E-state index is 0.121. The minimum Gasteiger partial charge on any atom is -0.310 e. The van der Waals surface area contributed by atoms with E-state index in [2.05, 4.69) is 12.2 Å². The highest BCUT2D eigenvalue weighted by Gasteiger charge is 2.22. The zero-order valence-electron chi connectivity index (χ0n) is 10.9. The zero-order valence-corrected chi connectivity index (χ0v) is 11.6. The monoisotopic (exact) mass is 269 g/mol. The molecule has 0 saturated heterocycles. The highest BCUT2D eigenvalue weighted by atomic mass is 35.5. The van der Waals surface area contributed by atoms with Crippen LogP contribution in [0.5, 0.6) is 0 Å². The molecule has 3 heteroatoms. The Bertz CT molecular complexity index is 388. The highest BCUT2D eigenvalue weighted by molar-refractivity contribution is 6.30. The van der Waals surface area contributed by atoms with E-state index in [0.29, 0.717) is 5.02 Å². The molecule has 100 valence electrons. The number of halogens is 2. The van der Waals surface area contributed by atoms with Crippen molar-refractivity contribution in [3.8, 4) is 0 Å². The van der Waals surface area contributed by atoms with Gasteiger partial charge in [-0.15, -0.1) is 0 Å². The third-order valence-corrected chi connectivity index (χ3v) is 4.07. The molecule has 1 aliphatic carbocycles. The number of hydrogen-bond donors (Lipinski definition) is 1. The van der Waals surface area contributed by atoms with E-state index in [1.807, 2.05) is 6.07 Å². The Labute approximate surface area is 114 Å². The first-order chi connectivity index (χ1) is 8.70. The Balaban J connectivity index is 2.12. The van der Waals surface area contributed by atoms with Crippen LogP contribution in [0.25, 0.3) is 0 Å². The van der Waals surface area contributed by atoms with E-state index in [4.69, 9.17) is 11.6 Å². The van der Waals surface area contributed by atoms with Gasteiger partial charge in [0.15, 0.2) is 0 Å². The van der Waals surface area contributed by atoms with E-state index in [-0.39, 0.29) is 11.9 Å². The van der Waals surface area contributed by atoms with E-state index >= 15 is 0 Å². The summed E-state index contributed by atoms with van der Waals surface area (Å²) in [5.41, 5.74) is 0.758. The van der Waals surface area contributed by atoms with Gasteiger partial charge < -0.3 is 5.32 Å². The van der Waals surface area contributed by atoms with Crippen LogP contribution in [0.1, 0.15) is 50.6 Å². The van der Waals surface area contributed by atoms with Crippen molar-refractivity contribution >= 4 is 11.6 Å². The molecule has 1 aromatic carbocycles. The summed E-state index contributed by atoms with van der Waals surface area (Å²) in [5, 5.41) is 3.87. The molecule has 1 aromatic rings. The summed E-state index contributed by atoms with van der Waals surface area (Å²) >= 11 is 5.81. The molecule has 1 saturated carbocycles. The van der Waals surface area contributed by atoms with Crippen LogP contribution < -0.4 is 5.32 Å². The summed E-state index contributed by atoms with van der Waals surface area (Å²) in [4.78, 5) is 0. The molecular weight excluding hydrogens is 249 g/mol. The van der Waals surface area contributed by atoms with Gasteiger partial charge in [-0.2, -0.15) is 0 Å². The van der Waals surface area contributed by atoms with Crippen LogP contribution >= 0.6 is 11.6 Å². The topological polar surface area (TPSA) is 12.0 Å². The van der Waals surface area contributed by atoms with E-state index in [1.54, 1.807) is 6.07 Å². The van der Waals surface area contributed by atoms with Crippen molar-refractivity contribution in [2.45, 2.75) is 45.1 Å². The smallest absolute Gasteiger partial charge is 0.129 e. The number of nitrogens with one attached hydrogen (secondary N) is 1. The standard InChI is InChI=1S/C15H21ClFN/c1-2-18-15(9-11-5-3-4-6-11)13-8-7-12(16)10-14(13)17/h7-8,10-11,15,18H,2-6,9H2,1H3. The van der Waals surface area contributed by atoms with Gasteiger partial charge in [-0.05, 0) is 31.0 Å². The van der Waals surface area contributed by atoms with Crippen LogP contribution in [0.4, 0.5) is 4.39 Å². The third-order valence-electron chi connectivity index (χ3n) is 3.83. The summed E-state index contributed by atoms with van der Waals surface area (Å²) in [6.45, 7) is 2.93. The van der Waals surface area contributed by atoms with Gasteiger partial charge in [0.05, 0.1) is 0 Å². The second kappa shape index (κ2) is 6.53. The van der Waals surface area contributed by atoms with Crippen molar-refractivity contribution in [1.29, 1.82) is 0 Å². The second-order valence-electron chi connectivity index (χ2n) is 5.16. The molecule has 0 heterocycles. The minimum atomic E-state index is -0.188.